The molecule has 3 aliphatic rings. The van der Waals surface area contributed by atoms with Crippen molar-refractivity contribution < 1.29 is 28.0 Å². The lowest BCUT2D eigenvalue weighted by atomic mass is 9.75. The Hall–Kier alpha value is -3.33. The monoisotopic (exact) mass is 626 g/mol. The highest BCUT2D eigenvalue weighted by Crippen LogP contribution is 2.39. The van der Waals surface area contributed by atoms with Crippen molar-refractivity contribution in [3.05, 3.63) is 24.4 Å². The zero-order valence-corrected chi connectivity index (χ0v) is 25.3. The van der Waals surface area contributed by atoms with E-state index in [9.17, 15) is 28.0 Å². The molecule has 0 radical (unpaired) electrons. The maximum Gasteiger partial charge on any atom is 0.399 e. The summed E-state index contributed by atoms with van der Waals surface area (Å²) >= 11 is 4.58. The van der Waals surface area contributed by atoms with Crippen LogP contribution in [0.5, 0.6) is 0 Å². The van der Waals surface area contributed by atoms with Gasteiger partial charge in [-0.05, 0) is 60.2 Å². The van der Waals surface area contributed by atoms with E-state index >= 15 is 0 Å². The number of aromatic nitrogens is 1. The van der Waals surface area contributed by atoms with Crippen LogP contribution in [0.3, 0.4) is 0 Å². The Morgan fingerprint density at radius 3 is 2.40 bits per heavy atom. The van der Waals surface area contributed by atoms with Crippen molar-refractivity contribution in [3.63, 3.8) is 0 Å². The number of likely N-dealkylation sites (tertiary alicyclic amines) is 2. The first-order chi connectivity index (χ1) is 19.8. The molecule has 0 bridgehead atoms. The zero-order valence-electron chi connectivity index (χ0n) is 24.6. The van der Waals surface area contributed by atoms with Crippen molar-refractivity contribution in [2.24, 2.45) is 29.6 Å². The third kappa shape index (κ3) is 12.1. The number of fused-ring (bicyclic) bond motifs is 1. The molecular formula is C30H45ClF2N6O4. The highest BCUT2D eigenvalue weighted by molar-refractivity contribution is 6.32. The quantitative estimate of drug-likeness (QED) is 0.352. The molecule has 3 heterocycles. The van der Waals surface area contributed by atoms with Crippen molar-refractivity contribution in [1.29, 1.82) is 5.26 Å². The minimum atomic E-state index is -3.96. The predicted molar refractivity (Wildman–Crippen MR) is 161 cm³/mol. The zero-order chi connectivity index (χ0) is 31.4. The van der Waals surface area contributed by atoms with Gasteiger partial charge in [-0.3, -0.25) is 19.2 Å². The van der Waals surface area contributed by atoms with E-state index in [0.29, 0.717) is 49.5 Å². The molecule has 5 unspecified atom stereocenters. The number of pyridine rings is 1. The number of nitrogens with zero attached hydrogens (tertiary/aromatic N) is 4. The molecule has 1 saturated carbocycles. The SMILES string of the molecule is C.CC(C)C.CC1CCCC2CN(C(=O)CNC(=O)C(F)(F)Cl)CC12.N#CC1CC(C(=O)Nc2ccccn2)CN1C=O. The van der Waals surface area contributed by atoms with Crippen LogP contribution in [-0.4, -0.2) is 76.5 Å². The van der Waals surface area contributed by atoms with Gasteiger partial charge in [0.25, 0.3) is 0 Å². The standard InChI is InChI=1S/C13H19ClF2N2O2.C12H12N4O2.C4H10.CH4/c1-8-3-2-4-9-6-18(7-10(8)9)11(19)5-17-12(20)13(14,15)16;13-6-10-5-9(7-16(10)8-17)12(18)15-11-3-1-2-4-14-11;1-4(2)3;/h8-10H,2-7H2,1H3,(H,17,20);1-4,8-10H,5,7H2,(H,14,15,18);4H,1-3H3;1H4. The van der Waals surface area contributed by atoms with E-state index in [2.05, 4.69) is 49.6 Å². The van der Waals surface area contributed by atoms with Crippen LogP contribution in [0.4, 0.5) is 14.6 Å². The summed E-state index contributed by atoms with van der Waals surface area (Å²) in [4.78, 5) is 52.6. The second-order valence-electron chi connectivity index (χ2n) is 11.6. The van der Waals surface area contributed by atoms with Crippen LogP contribution in [0, 0.1) is 40.9 Å². The van der Waals surface area contributed by atoms with Gasteiger partial charge in [0.15, 0.2) is 0 Å². The van der Waals surface area contributed by atoms with Gasteiger partial charge >= 0.3 is 11.3 Å². The summed E-state index contributed by atoms with van der Waals surface area (Å²) < 4.78 is 24.9. The maximum absolute atomic E-state index is 12.5. The van der Waals surface area contributed by atoms with E-state index in [1.54, 1.807) is 29.3 Å². The first-order valence-electron chi connectivity index (χ1n) is 14.2. The van der Waals surface area contributed by atoms with Gasteiger partial charge in [-0.15, -0.1) is 0 Å². The van der Waals surface area contributed by atoms with Gasteiger partial charge in [-0.2, -0.15) is 14.0 Å². The van der Waals surface area contributed by atoms with Gasteiger partial charge in [0.05, 0.1) is 18.5 Å². The van der Waals surface area contributed by atoms with E-state index in [-0.39, 0.29) is 31.7 Å². The second-order valence-corrected chi connectivity index (χ2v) is 12.1. The molecule has 43 heavy (non-hydrogen) atoms. The van der Waals surface area contributed by atoms with Gasteiger partial charge in [0.1, 0.15) is 11.9 Å². The largest absolute Gasteiger partial charge is 0.399 e. The fraction of sp³-hybridized carbons (Fsp3) is 0.667. The lowest BCUT2D eigenvalue weighted by molar-refractivity contribution is -0.139. The minimum Gasteiger partial charge on any atom is -0.341 e. The van der Waals surface area contributed by atoms with Gasteiger partial charge < -0.3 is 20.4 Å². The predicted octanol–water partition coefficient (Wildman–Crippen LogP) is 4.52. The van der Waals surface area contributed by atoms with Crippen molar-refractivity contribution in [2.75, 3.05) is 31.5 Å². The third-order valence-electron chi connectivity index (χ3n) is 7.38. The number of rotatable bonds is 6. The van der Waals surface area contributed by atoms with Crippen LogP contribution < -0.4 is 10.6 Å². The first kappa shape index (κ1) is 37.7. The molecule has 4 amide bonds. The Kier molecular flexibility index (Phi) is 15.5. The number of alkyl halides is 3. The molecule has 0 spiro atoms. The molecule has 240 valence electrons. The summed E-state index contributed by atoms with van der Waals surface area (Å²) in [5, 5.41) is 9.45. The summed E-state index contributed by atoms with van der Waals surface area (Å²) in [7, 11) is 0. The van der Waals surface area contributed by atoms with Gasteiger partial charge in [-0.25, -0.2) is 4.98 Å². The Balaban J connectivity index is 0.000000376. The molecule has 2 N–H and O–H groups in total. The summed E-state index contributed by atoms with van der Waals surface area (Å²) in [6, 6.07) is 6.71. The highest BCUT2D eigenvalue weighted by atomic mass is 35.5. The van der Waals surface area contributed by atoms with Gasteiger partial charge in [0.2, 0.25) is 18.2 Å². The first-order valence-corrected chi connectivity index (χ1v) is 14.6. The minimum absolute atomic E-state index is 0. The molecule has 1 aliphatic carbocycles. The van der Waals surface area contributed by atoms with Crippen molar-refractivity contribution in [2.45, 2.75) is 72.2 Å². The van der Waals surface area contributed by atoms with Gasteiger partial charge in [0, 0.05) is 25.8 Å². The number of anilines is 1. The van der Waals surface area contributed by atoms with Crippen molar-refractivity contribution in [3.8, 4) is 6.07 Å². The van der Waals surface area contributed by atoms with Crippen LogP contribution in [0.25, 0.3) is 0 Å². The topological polar surface area (TPSA) is 136 Å². The average Bonchev–Trinajstić information content (AvgIpc) is 3.57. The van der Waals surface area contributed by atoms with Crippen molar-refractivity contribution >= 4 is 41.6 Å². The molecule has 10 nitrogen and oxygen atoms in total. The van der Waals surface area contributed by atoms with Crippen LogP contribution in [0.1, 0.15) is 60.8 Å². The number of nitrogens with one attached hydrogen (secondary N) is 2. The maximum atomic E-state index is 12.5. The average molecular weight is 627 g/mol. The fourth-order valence-corrected chi connectivity index (χ4v) is 5.36. The summed E-state index contributed by atoms with van der Waals surface area (Å²) in [5.41, 5.74) is 0. The summed E-state index contributed by atoms with van der Waals surface area (Å²) in [5.74, 6) is 0.387. The molecule has 2 aliphatic heterocycles. The number of hydrogen-bond donors (Lipinski definition) is 2. The number of hydrogen-bond acceptors (Lipinski definition) is 6. The molecule has 0 aromatic carbocycles. The Bertz CT molecular complexity index is 1100. The number of halogens is 3. The smallest absolute Gasteiger partial charge is 0.341 e. The highest BCUT2D eigenvalue weighted by Gasteiger charge is 2.41. The molecule has 2 saturated heterocycles. The Labute approximate surface area is 258 Å². The van der Waals surface area contributed by atoms with E-state index in [4.69, 9.17) is 5.26 Å². The summed E-state index contributed by atoms with van der Waals surface area (Å²) in [6.45, 7) is 9.88. The lowest BCUT2D eigenvalue weighted by Crippen LogP contribution is -2.43. The molecule has 1 aromatic heterocycles. The van der Waals surface area contributed by atoms with E-state index < -0.39 is 23.9 Å². The fourth-order valence-electron chi connectivity index (χ4n) is 5.29. The Morgan fingerprint density at radius 2 is 1.88 bits per heavy atom. The molecule has 13 heteroatoms. The van der Waals surface area contributed by atoms with Crippen LogP contribution >= 0.6 is 11.6 Å². The number of amides is 4. The number of carbonyl (C=O) groups excluding carboxylic acids is 4. The Morgan fingerprint density at radius 1 is 1.21 bits per heavy atom. The van der Waals surface area contributed by atoms with Crippen molar-refractivity contribution in [1.82, 2.24) is 20.1 Å². The molecule has 3 fully saturated rings. The van der Waals surface area contributed by atoms with Crippen LogP contribution in [0.15, 0.2) is 24.4 Å². The normalized spacial score (nSPS) is 24.1. The van der Waals surface area contributed by atoms with E-state index in [0.717, 1.165) is 12.3 Å². The van der Waals surface area contributed by atoms with E-state index in [1.807, 2.05) is 11.4 Å². The number of carbonyl (C=O) groups is 4. The molecule has 1 aromatic rings. The third-order valence-corrected chi connectivity index (χ3v) is 7.55. The molecule has 5 atom stereocenters. The van der Waals surface area contributed by atoms with Gasteiger partial charge in [-0.1, -0.05) is 54.0 Å². The lowest BCUT2D eigenvalue weighted by Gasteiger charge is -2.29. The second kappa shape index (κ2) is 17.7. The molecular weight excluding hydrogens is 582 g/mol. The molecule has 4 rings (SSSR count). The van der Waals surface area contributed by atoms with E-state index in [1.165, 1.54) is 17.7 Å². The number of nitriles is 1. The summed E-state index contributed by atoms with van der Waals surface area (Å²) in [6.07, 6.45) is 6.04. The van der Waals surface area contributed by atoms with Crippen LogP contribution in [0.2, 0.25) is 0 Å². The van der Waals surface area contributed by atoms with Crippen LogP contribution in [-0.2, 0) is 19.2 Å².